The van der Waals surface area contributed by atoms with Crippen LogP contribution < -0.4 is 9.55 Å². The highest BCUT2D eigenvalue weighted by atomic mass is 32.2. The van der Waals surface area contributed by atoms with Gasteiger partial charge in [0.1, 0.15) is 5.75 Å². The van der Waals surface area contributed by atoms with Crippen LogP contribution >= 0.6 is 0 Å². The molecular weight excluding hydrogens is 350 g/mol. The number of rotatable bonds is 3. The molecule has 9 heteroatoms. The molecule has 0 unspecified atom stereocenters. The van der Waals surface area contributed by atoms with Gasteiger partial charge in [0.2, 0.25) is 10.0 Å². The summed E-state index contributed by atoms with van der Waals surface area (Å²) in [5.74, 6) is -0.402. The number of nitrogens with one attached hydrogen (secondary N) is 2. The van der Waals surface area contributed by atoms with Gasteiger partial charge in [-0.15, -0.1) is 0 Å². The summed E-state index contributed by atoms with van der Waals surface area (Å²) in [5, 5.41) is 3.85. The number of hydrogen-bond acceptors (Lipinski definition) is 5. The van der Waals surface area contributed by atoms with E-state index in [0.717, 1.165) is 5.56 Å². The molecule has 0 atom stereocenters. The van der Waals surface area contributed by atoms with Gasteiger partial charge >= 0.3 is 0 Å². The number of sulfonamides is 2. The zero-order valence-electron chi connectivity index (χ0n) is 12.7. The Balaban J connectivity index is 1.95. The quantitative estimate of drug-likeness (QED) is 0.803. The zero-order valence-corrected chi connectivity index (χ0v) is 14.4. The van der Waals surface area contributed by atoms with Gasteiger partial charge in [-0.3, -0.25) is 4.72 Å². The number of hydrazone groups is 1. The van der Waals surface area contributed by atoms with E-state index in [2.05, 4.69) is 14.7 Å². The molecule has 7 nitrogen and oxygen atoms in total. The number of benzene rings is 2. The Morgan fingerprint density at radius 3 is 2.46 bits per heavy atom. The third-order valence-electron chi connectivity index (χ3n) is 3.46. The molecule has 1 heterocycles. The molecule has 1 aliphatic heterocycles. The van der Waals surface area contributed by atoms with E-state index in [1.165, 1.54) is 12.1 Å². The van der Waals surface area contributed by atoms with Gasteiger partial charge in [0.25, 0.3) is 10.0 Å². The van der Waals surface area contributed by atoms with Gasteiger partial charge in [-0.05, 0) is 25.1 Å². The lowest BCUT2D eigenvalue weighted by atomic mass is 10.1. The molecule has 2 N–H and O–H groups in total. The Kier molecular flexibility index (Phi) is 4.06. The minimum atomic E-state index is -3.87. The van der Waals surface area contributed by atoms with Crippen molar-refractivity contribution in [1.29, 1.82) is 0 Å². The number of hydrogen-bond donors (Lipinski definition) is 2. The predicted octanol–water partition coefficient (Wildman–Crippen LogP) is 1.43. The monoisotopic (exact) mass is 365 g/mol. The van der Waals surface area contributed by atoms with E-state index in [4.69, 9.17) is 0 Å². The summed E-state index contributed by atoms with van der Waals surface area (Å²) in [5.41, 5.74) is 1.98. The molecule has 0 radical (unpaired) electrons. The van der Waals surface area contributed by atoms with E-state index >= 15 is 0 Å². The van der Waals surface area contributed by atoms with Crippen LogP contribution in [-0.4, -0.2) is 28.3 Å². The van der Waals surface area contributed by atoms with Crippen LogP contribution in [-0.2, 0) is 20.0 Å². The first-order valence-electron chi connectivity index (χ1n) is 7.02. The molecule has 0 saturated heterocycles. The molecule has 0 fully saturated rings. The second-order valence-corrected chi connectivity index (χ2v) is 8.76. The molecule has 24 heavy (non-hydrogen) atoms. The molecule has 2 aromatic rings. The van der Waals surface area contributed by atoms with Crippen molar-refractivity contribution >= 4 is 31.4 Å². The van der Waals surface area contributed by atoms with Crippen LogP contribution in [0.15, 0.2) is 58.5 Å². The third kappa shape index (κ3) is 3.41. The Hall–Kier alpha value is -2.39. The minimum Gasteiger partial charge on any atom is -0.283 e. The van der Waals surface area contributed by atoms with E-state index in [0.29, 0.717) is 11.3 Å². The average Bonchev–Trinajstić information content (AvgIpc) is 2.52. The molecule has 1 aliphatic rings. The van der Waals surface area contributed by atoms with Crippen molar-refractivity contribution < 1.29 is 16.8 Å². The number of anilines is 1. The van der Waals surface area contributed by atoms with Crippen molar-refractivity contribution in [3.63, 3.8) is 0 Å². The summed E-state index contributed by atoms with van der Waals surface area (Å²) in [6, 6.07) is 12.9. The summed E-state index contributed by atoms with van der Waals surface area (Å²) in [6.07, 6.45) is 0. The SMILES string of the molecule is Cc1ccc(S(=O)(=O)N/N=C2\CS(=O)(=O)Nc3ccccc32)cc1. The van der Waals surface area contributed by atoms with Gasteiger partial charge in [0, 0.05) is 5.56 Å². The second kappa shape index (κ2) is 5.91. The number of para-hydroxylation sites is 1. The summed E-state index contributed by atoms with van der Waals surface area (Å²) >= 11 is 0. The largest absolute Gasteiger partial charge is 0.283 e. The van der Waals surface area contributed by atoms with E-state index in [-0.39, 0.29) is 10.6 Å². The lowest BCUT2D eigenvalue weighted by molar-refractivity contribution is 0.584. The van der Waals surface area contributed by atoms with Gasteiger partial charge in [-0.1, -0.05) is 35.9 Å². The molecule has 0 saturated carbocycles. The Morgan fingerprint density at radius 2 is 1.75 bits per heavy atom. The van der Waals surface area contributed by atoms with E-state index in [1.807, 2.05) is 6.92 Å². The van der Waals surface area contributed by atoms with Crippen molar-refractivity contribution in [3.05, 3.63) is 59.7 Å². The molecule has 3 rings (SSSR count). The maximum absolute atomic E-state index is 12.3. The van der Waals surface area contributed by atoms with Gasteiger partial charge in [0.15, 0.2) is 0 Å². The van der Waals surface area contributed by atoms with Crippen LogP contribution in [0.25, 0.3) is 0 Å². The van der Waals surface area contributed by atoms with Crippen molar-refractivity contribution in [1.82, 2.24) is 4.83 Å². The van der Waals surface area contributed by atoms with E-state index < -0.39 is 25.8 Å². The van der Waals surface area contributed by atoms with Gasteiger partial charge < -0.3 is 0 Å². The lowest BCUT2D eigenvalue weighted by Gasteiger charge is -2.19. The average molecular weight is 365 g/mol. The number of fused-ring (bicyclic) bond motifs is 1. The van der Waals surface area contributed by atoms with Crippen molar-refractivity contribution in [2.45, 2.75) is 11.8 Å². The van der Waals surface area contributed by atoms with Crippen molar-refractivity contribution in [2.75, 3.05) is 10.5 Å². The molecule has 2 aromatic carbocycles. The third-order valence-corrected chi connectivity index (χ3v) is 5.87. The number of nitrogens with zero attached hydrogens (tertiary/aromatic N) is 1. The maximum Gasteiger partial charge on any atom is 0.276 e. The first kappa shape index (κ1) is 16.5. The zero-order chi connectivity index (χ0) is 17.4. The summed E-state index contributed by atoms with van der Waals surface area (Å²) in [6.45, 7) is 1.85. The number of aryl methyl sites for hydroxylation is 1. The highest BCUT2D eigenvalue weighted by Gasteiger charge is 2.26. The molecule has 0 bridgehead atoms. The van der Waals surface area contributed by atoms with Crippen molar-refractivity contribution in [3.8, 4) is 0 Å². The predicted molar refractivity (Wildman–Crippen MR) is 91.9 cm³/mol. The second-order valence-electron chi connectivity index (χ2n) is 5.37. The molecular formula is C15H15N3O4S2. The standard InChI is InChI=1S/C15H15N3O4S2/c1-11-6-8-12(9-7-11)24(21,22)18-16-15-10-23(19,20)17-14-5-3-2-4-13(14)15/h2-9,17-18H,10H2,1H3/b16-15+. The van der Waals surface area contributed by atoms with Crippen LogP contribution in [0.3, 0.4) is 0 Å². The van der Waals surface area contributed by atoms with Gasteiger partial charge in [-0.2, -0.15) is 18.4 Å². The molecule has 126 valence electrons. The molecule has 0 spiro atoms. The van der Waals surface area contributed by atoms with Crippen LogP contribution in [0.1, 0.15) is 11.1 Å². The fraction of sp³-hybridized carbons (Fsp3) is 0.133. The first-order valence-corrected chi connectivity index (χ1v) is 10.2. The summed E-state index contributed by atoms with van der Waals surface area (Å²) in [4.78, 5) is 2.17. The Morgan fingerprint density at radius 1 is 1.08 bits per heavy atom. The van der Waals surface area contributed by atoms with Crippen LogP contribution in [0.5, 0.6) is 0 Å². The Bertz CT molecular complexity index is 1010. The molecule has 0 aliphatic carbocycles. The normalized spacial score (nSPS) is 17.8. The topological polar surface area (TPSA) is 105 Å². The first-order chi connectivity index (χ1) is 11.3. The smallest absolute Gasteiger partial charge is 0.276 e. The highest BCUT2D eigenvalue weighted by Crippen LogP contribution is 2.23. The summed E-state index contributed by atoms with van der Waals surface area (Å²) < 4.78 is 50.7. The molecule has 0 aromatic heterocycles. The fourth-order valence-electron chi connectivity index (χ4n) is 2.26. The molecule has 0 amide bonds. The fourth-order valence-corrected chi connectivity index (χ4v) is 4.26. The summed E-state index contributed by atoms with van der Waals surface area (Å²) in [7, 11) is -7.47. The lowest BCUT2D eigenvalue weighted by Crippen LogP contribution is -2.32. The van der Waals surface area contributed by atoms with Crippen LogP contribution in [0.4, 0.5) is 5.69 Å². The van der Waals surface area contributed by atoms with E-state index in [1.54, 1.807) is 36.4 Å². The van der Waals surface area contributed by atoms with Gasteiger partial charge in [0.05, 0.1) is 16.3 Å². The van der Waals surface area contributed by atoms with Crippen LogP contribution in [0.2, 0.25) is 0 Å². The Labute approximate surface area is 140 Å². The highest BCUT2D eigenvalue weighted by molar-refractivity contribution is 7.93. The maximum atomic E-state index is 12.3. The van der Waals surface area contributed by atoms with Gasteiger partial charge in [-0.25, -0.2) is 8.42 Å². The van der Waals surface area contributed by atoms with Crippen molar-refractivity contribution in [2.24, 2.45) is 5.10 Å². The van der Waals surface area contributed by atoms with Crippen LogP contribution in [0, 0.1) is 6.92 Å². The minimum absolute atomic E-state index is 0.0579. The van der Waals surface area contributed by atoms with E-state index in [9.17, 15) is 16.8 Å².